The summed E-state index contributed by atoms with van der Waals surface area (Å²) in [5.41, 5.74) is 2.66. The fourth-order valence-electron chi connectivity index (χ4n) is 3.57. The summed E-state index contributed by atoms with van der Waals surface area (Å²) in [4.78, 5) is 4.55. The summed E-state index contributed by atoms with van der Waals surface area (Å²) in [5, 5.41) is 9.84. The lowest BCUT2D eigenvalue weighted by atomic mass is 10.2. The quantitative estimate of drug-likeness (QED) is 0.215. The highest BCUT2D eigenvalue weighted by atomic mass is 32.2. The number of fused-ring (bicyclic) bond motifs is 1. The molecule has 174 valence electrons. The Bertz CT molecular complexity index is 1160. The summed E-state index contributed by atoms with van der Waals surface area (Å²) in [5.74, 6) is 3.79. The summed E-state index contributed by atoms with van der Waals surface area (Å²) in [6.45, 7) is 1.43. The number of benzene rings is 2. The molecule has 2 aromatic heterocycles. The third-order valence-corrected chi connectivity index (χ3v) is 6.25. The van der Waals surface area contributed by atoms with Gasteiger partial charge in [0.2, 0.25) is 0 Å². The maximum absolute atomic E-state index is 5.82. The Labute approximate surface area is 197 Å². The maximum atomic E-state index is 5.82. The zero-order valence-electron chi connectivity index (χ0n) is 19.1. The number of aromatic nitrogens is 4. The van der Waals surface area contributed by atoms with Crippen LogP contribution in [0.3, 0.4) is 0 Å². The Morgan fingerprint density at radius 3 is 2.61 bits per heavy atom. The Kier molecular flexibility index (Phi) is 7.85. The molecule has 0 aliphatic rings. The second kappa shape index (κ2) is 11.2. The first-order chi connectivity index (χ1) is 16.2. The monoisotopic (exact) mass is 468 g/mol. The van der Waals surface area contributed by atoms with Crippen molar-refractivity contribution in [1.29, 1.82) is 0 Å². The second-order valence-electron chi connectivity index (χ2n) is 7.40. The van der Waals surface area contributed by atoms with Gasteiger partial charge in [-0.15, -0.1) is 10.2 Å². The van der Waals surface area contributed by atoms with Crippen molar-refractivity contribution < 1.29 is 18.6 Å². The van der Waals surface area contributed by atoms with Gasteiger partial charge in [-0.25, -0.2) is 4.98 Å². The molecule has 33 heavy (non-hydrogen) atoms. The number of thioether (sulfide) groups is 1. The van der Waals surface area contributed by atoms with Crippen LogP contribution in [0.1, 0.15) is 18.7 Å². The number of para-hydroxylation sites is 2. The van der Waals surface area contributed by atoms with E-state index >= 15 is 0 Å². The first-order valence-electron chi connectivity index (χ1n) is 10.8. The highest BCUT2D eigenvalue weighted by Crippen LogP contribution is 2.33. The van der Waals surface area contributed by atoms with Crippen molar-refractivity contribution in [2.45, 2.75) is 31.0 Å². The molecule has 0 fully saturated rings. The van der Waals surface area contributed by atoms with Gasteiger partial charge in [0.15, 0.2) is 34.0 Å². The van der Waals surface area contributed by atoms with Crippen LogP contribution in [0.15, 0.2) is 52.0 Å². The number of ether oxygens (including phenoxy) is 3. The van der Waals surface area contributed by atoms with E-state index in [4.69, 9.17) is 18.6 Å². The smallest absolute Gasteiger partial charge is 0.195 e. The molecule has 0 amide bonds. The van der Waals surface area contributed by atoms with E-state index in [0.29, 0.717) is 18.1 Å². The molecule has 4 aromatic rings. The highest BCUT2D eigenvalue weighted by Gasteiger charge is 2.16. The molecule has 2 aromatic carbocycles. The average Bonchev–Trinajstić information content (AvgIpc) is 3.45. The van der Waals surface area contributed by atoms with Crippen molar-refractivity contribution in [2.75, 3.05) is 33.7 Å². The maximum Gasteiger partial charge on any atom is 0.195 e. The molecule has 0 saturated heterocycles. The van der Waals surface area contributed by atoms with Gasteiger partial charge in [-0.1, -0.05) is 23.9 Å². The van der Waals surface area contributed by atoms with E-state index in [-0.39, 0.29) is 0 Å². The van der Waals surface area contributed by atoms with E-state index in [2.05, 4.69) is 19.7 Å². The lowest BCUT2D eigenvalue weighted by Gasteiger charge is -2.12. The zero-order valence-corrected chi connectivity index (χ0v) is 19.9. The van der Waals surface area contributed by atoms with Crippen LogP contribution >= 0.6 is 11.8 Å². The van der Waals surface area contributed by atoms with Gasteiger partial charge in [0, 0.05) is 38.0 Å². The molecule has 0 bridgehead atoms. The minimum absolute atomic E-state index is 0.661. The van der Waals surface area contributed by atoms with Gasteiger partial charge in [0.1, 0.15) is 5.52 Å². The Morgan fingerprint density at radius 1 is 0.970 bits per heavy atom. The average molecular weight is 469 g/mol. The fraction of sp³-hybridized carbons (Fsp3) is 0.375. The van der Waals surface area contributed by atoms with Gasteiger partial charge in [-0.2, -0.15) is 0 Å². The minimum atomic E-state index is 0.661. The minimum Gasteiger partial charge on any atom is -0.493 e. The molecule has 0 atom stereocenters. The molecule has 0 spiro atoms. The third-order valence-electron chi connectivity index (χ3n) is 5.19. The van der Waals surface area contributed by atoms with Crippen LogP contribution in [-0.4, -0.2) is 53.4 Å². The molecule has 0 aliphatic carbocycles. The second-order valence-corrected chi connectivity index (χ2v) is 8.46. The number of methoxy groups -OCH3 is 3. The lowest BCUT2D eigenvalue weighted by Crippen LogP contribution is -2.06. The van der Waals surface area contributed by atoms with Gasteiger partial charge in [0.05, 0.1) is 14.2 Å². The van der Waals surface area contributed by atoms with Gasteiger partial charge in [0.25, 0.3) is 0 Å². The standard InChI is InChI=1S/C24H28N4O4S/c1-29-14-7-13-28-23(17-11-12-20(30-2)21(16-17)31-3)26-27-24(28)33-15-6-10-22-25-18-8-4-5-9-19(18)32-22/h4-5,8-9,11-12,16H,6-7,10,13-15H2,1-3H3. The Hall–Kier alpha value is -3.04. The molecule has 0 aliphatic heterocycles. The Morgan fingerprint density at radius 2 is 1.82 bits per heavy atom. The van der Waals surface area contributed by atoms with Crippen molar-refractivity contribution in [1.82, 2.24) is 19.7 Å². The first kappa shape index (κ1) is 23.1. The summed E-state index contributed by atoms with van der Waals surface area (Å²) in [7, 11) is 4.96. The van der Waals surface area contributed by atoms with Crippen LogP contribution in [0.4, 0.5) is 0 Å². The van der Waals surface area contributed by atoms with Gasteiger partial charge in [-0.3, -0.25) is 0 Å². The molecular formula is C24H28N4O4S. The number of hydrogen-bond donors (Lipinski definition) is 0. The lowest BCUT2D eigenvalue weighted by molar-refractivity contribution is 0.189. The third kappa shape index (κ3) is 5.48. The van der Waals surface area contributed by atoms with Crippen molar-refractivity contribution in [3.63, 3.8) is 0 Å². The SMILES string of the molecule is COCCCn1c(SCCCc2nc3ccccc3o2)nnc1-c1ccc(OC)c(OC)c1. The predicted molar refractivity (Wildman–Crippen MR) is 128 cm³/mol. The van der Waals surface area contributed by atoms with Crippen LogP contribution in [0, 0.1) is 0 Å². The highest BCUT2D eigenvalue weighted by molar-refractivity contribution is 7.99. The van der Waals surface area contributed by atoms with Crippen molar-refractivity contribution in [3.05, 3.63) is 48.4 Å². The molecule has 4 rings (SSSR count). The van der Waals surface area contributed by atoms with E-state index in [0.717, 1.165) is 65.1 Å². The summed E-state index contributed by atoms with van der Waals surface area (Å²) >= 11 is 1.69. The summed E-state index contributed by atoms with van der Waals surface area (Å²) in [6, 6.07) is 13.6. The molecular weight excluding hydrogens is 440 g/mol. The molecule has 0 N–H and O–H groups in total. The van der Waals surface area contributed by atoms with Crippen LogP contribution in [0.2, 0.25) is 0 Å². The molecule has 0 unspecified atom stereocenters. The van der Waals surface area contributed by atoms with Crippen molar-refractivity contribution in [3.8, 4) is 22.9 Å². The molecule has 8 nitrogen and oxygen atoms in total. The predicted octanol–water partition coefficient (Wildman–Crippen LogP) is 4.86. The molecule has 2 heterocycles. The molecule has 0 radical (unpaired) electrons. The fourth-order valence-corrected chi connectivity index (χ4v) is 4.47. The zero-order chi connectivity index (χ0) is 23.0. The van der Waals surface area contributed by atoms with Crippen LogP contribution < -0.4 is 9.47 Å². The topological polar surface area (TPSA) is 84.4 Å². The first-order valence-corrected chi connectivity index (χ1v) is 11.8. The molecule has 9 heteroatoms. The van der Waals surface area contributed by atoms with Crippen molar-refractivity contribution in [2.24, 2.45) is 0 Å². The number of oxazole rings is 1. The number of aryl methyl sites for hydroxylation is 1. The Balaban J connectivity index is 1.46. The van der Waals surface area contributed by atoms with Crippen LogP contribution in [-0.2, 0) is 17.7 Å². The van der Waals surface area contributed by atoms with E-state index in [1.54, 1.807) is 33.1 Å². The van der Waals surface area contributed by atoms with Crippen LogP contribution in [0.5, 0.6) is 11.5 Å². The van der Waals surface area contributed by atoms with E-state index in [1.807, 2.05) is 42.5 Å². The number of rotatable bonds is 12. The number of nitrogens with zero attached hydrogens (tertiary/aromatic N) is 4. The van der Waals surface area contributed by atoms with Gasteiger partial charge in [-0.05, 0) is 43.2 Å². The van der Waals surface area contributed by atoms with Crippen molar-refractivity contribution >= 4 is 22.9 Å². The normalized spacial score (nSPS) is 11.2. The summed E-state index contributed by atoms with van der Waals surface area (Å²) < 4.78 is 24.0. The largest absolute Gasteiger partial charge is 0.493 e. The van der Waals surface area contributed by atoms with E-state index in [9.17, 15) is 0 Å². The van der Waals surface area contributed by atoms with E-state index < -0.39 is 0 Å². The number of hydrogen-bond acceptors (Lipinski definition) is 8. The molecule has 0 saturated carbocycles. The summed E-state index contributed by atoms with van der Waals surface area (Å²) in [6.07, 6.45) is 2.57. The van der Waals surface area contributed by atoms with Gasteiger partial charge >= 0.3 is 0 Å². The van der Waals surface area contributed by atoms with Gasteiger partial charge < -0.3 is 23.2 Å². The van der Waals surface area contributed by atoms with Crippen LogP contribution in [0.25, 0.3) is 22.5 Å². The van der Waals surface area contributed by atoms with E-state index in [1.165, 1.54) is 0 Å².